The van der Waals surface area contributed by atoms with Gasteiger partial charge in [-0.05, 0) is 37.1 Å². The second-order valence-electron chi connectivity index (χ2n) is 7.83. The van der Waals surface area contributed by atoms with Crippen LogP contribution in [0.3, 0.4) is 0 Å². The van der Waals surface area contributed by atoms with Gasteiger partial charge < -0.3 is 9.80 Å². The maximum atomic E-state index is 13.1. The van der Waals surface area contributed by atoms with Crippen LogP contribution in [0.2, 0.25) is 0 Å². The number of pyridine rings is 1. The highest BCUT2D eigenvalue weighted by atomic mass is 19.4. The first kappa shape index (κ1) is 20.7. The molecule has 1 amide bonds. The Morgan fingerprint density at radius 3 is 2.37 bits per heavy atom. The molecule has 1 atom stereocenters. The van der Waals surface area contributed by atoms with Crippen LogP contribution in [-0.2, 0) is 17.5 Å². The van der Waals surface area contributed by atoms with Gasteiger partial charge in [0, 0.05) is 38.9 Å². The Kier molecular flexibility index (Phi) is 5.94. The predicted octanol–water partition coefficient (Wildman–Crippen LogP) is 3.41. The fraction of sp³-hybridized carbons (Fsp3) is 0.455. The lowest BCUT2D eigenvalue weighted by Crippen LogP contribution is -2.53. The topological polar surface area (TPSA) is 39.7 Å². The first-order valence-electron chi connectivity index (χ1n) is 10.3. The first-order valence-corrected chi connectivity index (χ1v) is 10.3. The number of halogens is 3. The lowest BCUT2D eigenvalue weighted by atomic mass is 10.1. The van der Waals surface area contributed by atoms with Gasteiger partial charge in [0.25, 0.3) is 0 Å². The smallest absolute Gasteiger partial charge is 0.353 e. The summed E-state index contributed by atoms with van der Waals surface area (Å²) in [5.74, 6) is 0.671. The Morgan fingerprint density at radius 2 is 1.73 bits per heavy atom. The van der Waals surface area contributed by atoms with Crippen molar-refractivity contribution in [1.82, 2.24) is 14.8 Å². The van der Waals surface area contributed by atoms with Crippen molar-refractivity contribution in [3.05, 3.63) is 59.8 Å². The van der Waals surface area contributed by atoms with E-state index in [4.69, 9.17) is 0 Å². The molecule has 8 heteroatoms. The number of rotatable bonds is 4. The summed E-state index contributed by atoms with van der Waals surface area (Å²) in [5, 5.41) is 0. The number of anilines is 1. The maximum absolute atomic E-state index is 13.1. The monoisotopic (exact) mass is 418 g/mol. The maximum Gasteiger partial charge on any atom is 0.417 e. The number of aromatic nitrogens is 1. The first-order chi connectivity index (χ1) is 14.4. The molecule has 2 aliphatic rings. The van der Waals surface area contributed by atoms with Gasteiger partial charge in [-0.1, -0.05) is 30.3 Å². The number of nitrogens with zero attached hydrogens (tertiary/aromatic N) is 4. The van der Waals surface area contributed by atoms with Crippen LogP contribution < -0.4 is 4.90 Å². The summed E-state index contributed by atoms with van der Waals surface area (Å²) in [5.41, 5.74) is 0.454. The quantitative estimate of drug-likeness (QED) is 0.763. The molecule has 2 aromatic rings. The molecule has 30 heavy (non-hydrogen) atoms. The average molecular weight is 418 g/mol. The average Bonchev–Trinajstić information content (AvgIpc) is 3.21. The van der Waals surface area contributed by atoms with Gasteiger partial charge in [-0.3, -0.25) is 9.69 Å². The Hall–Kier alpha value is -2.61. The van der Waals surface area contributed by atoms with Crippen LogP contribution in [0.15, 0.2) is 48.7 Å². The lowest BCUT2D eigenvalue weighted by molar-refractivity contribution is -0.138. The Bertz CT molecular complexity index is 849. The van der Waals surface area contributed by atoms with Crippen molar-refractivity contribution in [2.24, 2.45) is 0 Å². The summed E-state index contributed by atoms with van der Waals surface area (Å²) in [4.78, 5) is 23.2. The van der Waals surface area contributed by atoms with Crippen molar-refractivity contribution in [3.8, 4) is 0 Å². The standard InChI is InChI=1S/C22H25F3N4O/c23-22(24,25)18-8-9-20(26-15-18)27-11-13-28(14-12-27)21(30)19-7-4-10-29(19)16-17-5-2-1-3-6-17/h1-3,5-6,8-9,15,19H,4,7,10-14,16H2. The molecule has 0 spiro atoms. The molecule has 4 rings (SSSR count). The van der Waals surface area contributed by atoms with Crippen molar-refractivity contribution in [2.45, 2.75) is 31.6 Å². The normalized spacial score (nSPS) is 20.6. The highest BCUT2D eigenvalue weighted by molar-refractivity contribution is 5.82. The van der Waals surface area contributed by atoms with Crippen LogP contribution in [0.25, 0.3) is 0 Å². The number of benzene rings is 1. The van der Waals surface area contributed by atoms with Gasteiger partial charge in [0.05, 0.1) is 11.6 Å². The minimum Gasteiger partial charge on any atom is -0.353 e. The molecular formula is C22H25F3N4O. The van der Waals surface area contributed by atoms with Gasteiger partial charge in [0.1, 0.15) is 5.82 Å². The summed E-state index contributed by atoms with van der Waals surface area (Å²) in [6, 6.07) is 12.5. The van der Waals surface area contributed by atoms with E-state index in [1.807, 2.05) is 28.0 Å². The lowest BCUT2D eigenvalue weighted by Gasteiger charge is -2.38. The van der Waals surface area contributed by atoms with Crippen LogP contribution >= 0.6 is 0 Å². The van der Waals surface area contributed by atoms with Gasteiger partial charge in [-0.2, -0.15) is 13.2 Å². The van der Waals surface area contributed by atoms with Crippen molar-refractivity contribution >= 4 is 11.7 Å². The molecule has 1 unspecified atom stereocenters. The second kappa shape index (κ2) is 8.63. The third kappa shape index (κ3) is 4.59. The van der Waals surface area contributed by atoms with Crippen LogP contribution in [0.4, 0.5) is 19.0 Å². The van der Waals surface area contributed by atoms with E-state index in [9.17, 15) is 18.0 Å². The van der Waals surface area contributed by atoms with Crippen LogP contribution in [0, 0.1) is 0 Å². The molecule has 0 bridgehead atoms. The highest BCUT2D eigenvalue weighted by Crippen LogP contribution is 2.29. The number of carbonyl (C=O) groups excluding carboxylic acids is 1. The minimum absolute atomic E-state index is 0.0963. The number of hydrogen-bond acceptors (Lipinski definition) is 4. The third-order valence-corrected chi connectivity index (χ3v) is 5.87. The summed E-state index contributed by atoms with van der Waals surface area (Å²) < 4.78 is 38.2. The largest absolute Gasteiger partial charge is 0.417 e. The molecule has 2 aliphatic heterocycles. The fourth-order valence-corrected chi connectivity index (χ4v) is 4.22. The number of likely N-dealkylation sites (tertiary alicyclic amines) is 1. The molecule has 3 heterocycles. The zero-order valence-electron chi connectivity index (χ0n) is 16.7. The highest BCUT2D eigenvalue weighted by Gasteiger charge is 2.35. The number of alkyl halides is 3. The van der Waals surface area contributed by atoms with Gasteiger partial charge in [0.2, 0.25) is 5.91 Å². The van der Waals surface area contributed by atoms with E-state index >= 15 is 0 Å². The van der Waals surface area contributed by atoms with E-state index in [1.54, 1.807) is 0 Å². The zero-order chi connectivity index (χ0) is 21.1. The Morgan fingerprint density at radius 1 is 1.00 bits per heavy atom. The van der Waals surface area contributed by atoms with E-state index in [2.05, 4.69) is 22.0 Å². The van der Waals surface area contributed by atoms with E-state index in [0.29, 0.717) is 32.0 Å². The second-order valence-corrected chi connectivity index (χ2v) is 7.83. The summed E-state index contributed by atoms with van der Waals surface area (Å²) in [6.07, 6.45) is -1.64. The van der Waals surface area contributed by atoms with Gasteiger partial charge in [0.15, 0.2) is 0 Å². The molecule has 1 aromatic carbocycles. The molecule has 2 saturated heterocycles. The molecule has 0 saturated carbocycles. The summed E-state index contributed by atoms with van der Waals surface area (Å²) in [6.45, 7) is 3.92. The van der Waals surface area contributed by atoms with E-state index in [-0.39, 0.29) is 11.9 Å². The molecule has 0 N–H and O–H groups in total. The molecule has 1 aromatic heterocycles. The van der Waals surface area contributed by atoms with Crippen molar-refractivity contribution in [2.75, 3.05) is 37.6 Å². The van der Waals surface area contributed by atoms with Gasteiger partial charge in [-0.15, -0.1) is 0 Å². The van der Waals surface area contributed by atoms with Crippen LogP contribution in [-0.4, -0.2) is 59.5 Å². The van der Waals surface area contributed by atoms with Crippen LogP contribution in [0.5, 0.6) is 0 Å². The fourth-order valence-electron chi connectivity index (χ4n) is 4.22. The van der Waals surface area contributed by atoms with E-state index < -0.39 is 11.7 Å². The van der Waals surface area contributed by atoms with Gasteiger partial charge >= 0.3 is 6.18 Å². The molecule has 5 nitrogen and oxygen atoms in total. The van der Waals surface area contributed by atoms with Crippen molar-refractivity contribution < 1.29 is 18.0 Å². The summed E-state index contributed by atoms with van der Waals surface area (Å²) in [7, 11) is 0. The molecule has 2 fully saturated rings. The minimum atomic E-state index is -4.39. The third-order valence-electron chi connectivity index (χ3n) is 5.87. The predicted molar refractivity (Wildman–Crippen MR) is 108 cm³/mol. The molecule has 160 valence electrons. The molecular weight excluding hydrogens is 393 g/mol. The Balaban J connectivity index is 1.34. The number of amides is 1. The number of piperazine rings is 1. The summed E-state index contributed by atoms with van der Waals surface area (Å²) >= 11 is 0. The van der Waals surface area contributed by atoms with E-state index in [1.165, 1.54) is 11.6 Å². The van der Waals surface area contributed by atoms with Crippen LogP contribution in [0.1, 0.15) is 24.0 Å². The number of hydrogen-bond donors (Lipinski definition) is 0. The van der Waals surface area contributed by atoms with Gasteiger partial charge in [-0.25, -0.2) is 4.98 Å². The number of carbonyl (C=O) groups is 1. The zero-order valence-corrected chi connectivity index (χ0v) is 16.7. The Labute approximate surface area is 174 Å². The SMILES string of the molecule is O=C(C1CCCN1Cc1ccccc1)N1CCN(c2ccc(C(F)(F)F)cn2)CC1. The van der Waals surface area contributed by atoms with Crippen molar-refractivity contribution in [1.29, 1.82) is 0 Å². The van der Waals surface area contributed by atoms with Crippen molar-refractivity contribution in [3.63, 3.8) is 0 Å². The van der Waals surface area contributed by atoms with E-state index in [0.717, 1.165) is 38.2 Å². The molecule has 0 aliphatic carbocycles. The molecule has 0 radical (unpaired) electrons.